The average molecular weight is 275 g/mol. The second-order valence-electron chi connectivity index (χ2n) is 5.05. The molecule has 0 bridgehead atoms. The molecule has 0 amide bonds. The highest BCUT2D eigenvalue weighted by atomic mass is 19.1. The van der Waals surface area contributed by atoms with E-state index in [0.29, 0.717) is 5.56 Å². The fraction of sp³-hybridized carbons (Fsp3) is 0.412. The minimum absolute atomic E-state index is 0.0150. The topological polar surface area (TPSA) is 25.2 Å². The molecule has 0 saturated heterocycles. The van der Waals surface area contributed by atoms with E-state index in [2.05, 4.69) is 19.2 Å². The van der Waals surface area contributed by atoms with Crippen LogP contribution in [0.4, 0.5) is 4.39 Å². The molecule has 20 heavy (non-hydrogen) atoms. The van der Waals surface area contributed by atoms with Crippen molar-refractivity contribution in [3.63, 3.8) is 0 Å². The Kier molecular flexibility index (Phi) is 4.96. The average Bonchev–Trinajstić information content (AvgIpc) is 2.91. The monoisotopic (exact) mass is 275 g/mol. The van der Waals surface area contributed by atoms with Crippen LogP contribution in [-0.4, -0.2) is 6.54 Å². The maximum atomic E-state index is 13.8. The predicted octanol–water partition coefficient (Wildman–Crippen LogP) is 4.38. The van der Waals surface area contributed by atoms with Crippen molar-refractivity contribution in [1.82, 2.24) is 5.32 Å². The first-order chi connectivity index (χ1) is 9.67. The van der Waals surface area contributed by atoms with Crippen molar-refractivity contribution in [2.24, 2.45) is 0 Å². The van der Waals surface area contributed by atoms with Crippen molar-refractivity contribution < 1.29 is 8.81 Å². The Morgan fingerprint density at radius 2 is 2.05 bits per heavy atom. The molecule has 0 aliphatic heterocycles. The molecular formula is C17H22FNO. The van der Waals surface area contributed by atoms with Gasteiger partial charge in [0.05, 0.1) is 12.3 Å². The number of halogens is 1. The van der Waals surface area contributed by atoms with Crippen molar-refractivity contribution in [2.45, 2.75) is 39.7 Å². The Hall–Kier alpha value is -1.61. The molecule has 1 unspecified atom stereocenters. The lowest BCUT2D eigenvalue weighted by atomic mass is 9.97. The minimum Gasteiger partial charge on any atom is -0.469 e. The zero-order chi connectivity index (χ0) is 14.5. The van der Waals surface area contributed by atoms with E-state index < -0.39 is 0 Å². The van der Waals surface area contributed by atoms with Crippen molar-refractivity contribution >= 4 is 0 Å². The first-order valence-electron chi connectivity index (χ1n) is 7.23. The number of hydrogen-bond donors (Lipinski definition) is 1. The highest BCUT2D eigenvalue weighted by molar-refractivity contribution is 5.35. The van der Waals surface area contributed by atoms with E-state index in [4.69, 9.17) is 4.42 Å². The summed E-state index contributed by atoms with van der Waals surface area (Å²) in [5, 5.41) is 3.48. The van der Waals surface area contributed by atoms with Crippen molar-refractivity contribution in [2.75, 3.05) is 6.54 Å². The smallest absolute Gasteiger partial charge is 0.126 e. The van der Waals surface area contributed by atoms with E-state index in [1.807, 2.05) is 18.2 Å². The third kappa shape index (κ3) is 3.10. The number of aryl methyl sites for hydroxylation is 2. The van der Waals surface area contributed by atoms with Crippen molar-refractivity contribution in [3.8, 4) is 0 Å². The van der Waals surface area contributed by atoms with Crippen LogP contribution in [0.2, 0.25) is 0 Å². The Balaban J connectivity index is 2.38. The molecule has 1 aromatic carbocycles. The van der Waals surface area contributed by atoms with Gasteiger partial charge in [0.15, 0.2) is 0 Å². The van der Waals surface area contributed by atoms with Gasteiger partial charge in [0.25, 0.3) is 0 Å². The molecule has 3 heteroatoms. The highest BCUT2D eigenvalue weighted by Gasteiger charge is 2.19. The molecular weight excluding hydrogens is 253 g/mol. The van der Waals surface area contributed by atoms with Gasteiger partial charge >= 0.3 is 0 Å². The lowest BCUT2D eigenvalue weighted by Gasteiger charge is -2.19. The predicted molar refractivity (Wildman–Crippen MR) is 79.4 cm³/mol. The standard InChI is InChI=1S/C17H22FNO/c1-4-9-19-17(14-8-10-20-16(14)5-2)13-7-6-12(3)15(18)11-13/h6-8,10-11,17,19H,4-5,9H2,1-3H3. The van der Waals surface area contributed by atoms with Gasteiger partial charge in [-0.1, -0.05) is 26.0 Å². The highest BCUT2D eigenvalue weighted by Crippen LogP contribution is 2.27. The normalized spacial score (nSPS) is 12.6. The third-order valence-corrected chi connectivity index (χ3v) is 3.54. The number of rotatable bonds is 6. The van der Waals surface area contributed by atoms with Gasteiger partial charge < -0.3 is 9.73 Å². The fourth-order valence-corrected chi connectivity index (χ4v) is 2.38. The summed E-state index contributed by atoms with van der Waals surface area (Å²) >= 11 is 0. The molecule has 2 aromatic rings. The van der Waals surface area contributed by atoms with Crippen LogP contribution < -0.4 is 5.32 Å². The Morgan fingerprint density at radius 1 is 1.25 bits per heavy atom. The first-order valence-corrected chi connectivity index (χ1v) is 7.23. The van der Waals surface area contributed by atoms with Gasteiger partial charge in [0.2, 0.25) is 0 Å². The van der Waals surface area contributed by atoms with Crippen LogP contribution in [0.15, 0.2) is 34.9 Å². The largest absolute Gasteiger partial charge is 0.469 e. The van der Waals surface area contributed by atoms with E-state index >= 15 is 0 Å². The summed E-state index contributed by atoms with van der Waals surface area (Å²) < 4.78 is 19.4. The number of furan rings is 1. The molecule has 0 spiro atoms. The molecule has 1 atom stereocenters. The Labute approximate surface area is 120 Å². The van der Waals surface area contributed by atoms with Crippen LogP contribution >= 0.6 is 0 Å². The number of hydrogen-bond acceptors (Lipinski definition) is 2. The minimum atomic E-state index is -0.160. The molecule has 2 nitrogen and oxygen atoms in total. The summed E-state index contributed by atoms with van der Waals surface area (Å²) in [6, 6.07) is 7.40. The van der Waals surface area contributed by atoms with Gasteiger partial charge in [-0.05, 0) is 43.1 Å². The number of benzene rings is 1. The Morgan fingerprint density at radius 3 is 2.70 bits per heavy atom. The number of nitrogens with one attached hydrogen (secondary N) is 1. The van der Waals surface area contributed by atoms with Crippen LogP contribution in [0.5, 0.6) is 0 Å². The van der Waals surface area contributed by atoms with E-state index in [-0.39, 0.29) is 11.9 Å². The lowest BCUT2D eigenvalue weighted by Crippen LogP contribution is -2.23. The van der Waals surface area contributed by atoms with Gasteiger partial charge in [0.1, 0.15) is 11.6 Å². The summed E-state index contributed by atoms with van der Waals surface area (Å²) in [5.41, 5.74) is 2.72. The molecule has 0 fully saturated rings. The molecule has 1 heterocycles. The summed E-state index contributed by atoms with van der Waals surface area (Å²) in [7, 11) is 0. The maximum absolute atomic E-state index is 13.8. The molecule has 1 aromatic heterocycles. The molecule has 0 aliphatic rings. The van der Waals surface area contributed by atoms with E-state index in [9.17, 15) is 4.39 Å². The Bertz CT molecular complexity index is 562. The van der Waals surface area contributed by atoms with E-state index in [0.717, 1.165) is 36.3 Å². The van der Waals surface area contributed by atoms with Crippen LogP contribution in [0.1, 0.15) is 48.8 Å². The summed E-state index contributed by atoms with van der Waals surface area (Å²) in [4.78, 5) is 0. The van der Waals surface area contributed by atoms with Gasteiger partial charge in [-0.2, -0.15) is 0 Å². The summed E-state index contributed by atoms with van der Waals surface area (Å²) in [6.45, 7) is 6.85. The SMILES string of the molecule is CCCNC(c1ccc(C)c(F)c1)c1ccoc1CC. The molecule has 1 N–H and O–H groups in total. The van der Waals surface area contributed by atoms with Crippen LogP contribution in [0.25, 0.3) is 0 Å². The molecule has 0 aliphatic carbocycles. The lowest BCUT2D eigenvalue weighted by molar-refractivity contribution is 0.499. The van der Waals surface area contributed by atoms with Crippen molar-refractivity contribution in [3.05, 3.63) is 58.8 Å². The van der Waals surface area contributed by atoms with Gasteiger partial charge in [-0.25, -0.2) is 4.39 Å². The molecule has 108 valence electrons. The maximum Gasteiger partial charge on any atom is 0.126 e. The van der Waals surface area contributed by atoms with E-state index in [1.54, 1.807) is 19.3 Å². The van der Waals surface area contributed by atoms with E-state index in [1.165, 1.54) is 0 Å². The first kappa shape index (κ1) is 14.8. The van der Waals surface area contributed by atoms with Crippen LogP contribution in [0.3, 0.4) is 0 Å². The molecule has 0 radical (unpaired) electrons. The zero-order valence-corrected chi connectivity index (χ0v) is 12.4. The van der Waals surface area contributed by atoms with Crippen molar-refractivity contribution in [1.29, 1.82) is 0 Å². The second kappa shape index (κ2) is 6.71. The third-order valence-electron chi connectivity index (χ3n) is 3.54. The van der Waals surface area contributed by atoms with Gasteiger partial charge in [-0.15, -0.1) is 0 Å². The van der Waals surface area contributed by atoms with Crippen LogP contribution in [0, 0.1) is 12.7 Å². The zero-order valence-electron chi connectivity index (χ0n) is 12.4. The van der Waals surface area contributed by atoms with Gasteiger partial charge in [-0.3, -0.25) is 0 Å². The molecule has 2 rings (SSSR count). The molecule has 0 saturated carbocycles. The summed E-state index contributed by atoms with van der Waals surface area (Å²) in [5.74, 6) is 0.798. The quantitative estimate of drug-likeness (QED) is 0.846. The van der Waals surface area contributed by atoms with Gasteiger partial charge in [0, 0.05) is 12.0 Å². The van der Waals surface area contributed by atoms with Crippen LogP contribution in [-0.2, 0) is 6.42 Å². The second-order valence-corrected chi connectivity index (χ2v) is 5.05. The fourth-order valence-electron chi connectivity index (χ4n) is 2.38. The summed E-state index contributed by atoms with van der Waals surface area (Å²) in [6.07, 6.45) is 3.57.